The number of nitrogens with one attached hydrogen (secondary N) is 1. The zero-order valence-corrected chi connectivity index (χ0v) is 12.4. The molecule has 0 saturated carbocycles. The first-order chi connectivity index (χ1) is 8.84. The Hall–Kier alpha value is -0.660. The summed E-state index contributed by atoms with van der Waals surface area (Å²) in [5.41, 5.74) is 0. The fraction of sp³-hybridized carbons (Fsp3) is 0.917. The number of carbonyl (C=O) groups excluding carboxylic acids is 1. The molecule has 112 valence electrons. The minimum absolute atomic E-state index is 0.00765. The molecule has 0 aromatic heterocycles. The van der Waals surface area contributed by atoms with Gasteiger partial charge in [0.15, 0.2) is 0 Å². The van der Waals surface area contributed by atoms with Gasteiger partial charge in [0.2, 0.25) is 15.9 Å². The summed E-state index contributed by atoms with van der Waals surface area (Å²) in [6.45, 7) is 2.79. The minimum atomic E-state index is -3.21. The fourth-order valence-corrected chi connectivity index (χ4v) is 3.20. The molecule has 1 aliphatic rings. The molecule has 2 atom stereocenters. The van der Waals surface area contributed by atoms with E-state index in [2.05, 4.69) is 5.32 Å². The van der Waals surface area contributed by atoms with Crippen LogP contribution in [0.5, 0.6) is 0 Å². The van der Waals surface area contributed by atoms with Crippen LogP contribution in [0.2, 0.25) is 0 Å². The van der Waals surface area contributed by atoms with Crippen molar-refractivity contribution in [2.24, 2.45) is 5.92 Å². The van der Waals surface area contributed by atoms with Crippen LogP contribution in [0.15, 0.2) is 0 Å². The summed E-state index contributed by atoms with van der Waals surface area (Å²) in [5.74, 6) is -0.348. The molecule has 0 radical (unpaired) electrons. The van der Waals surface area contributed by atoms with E-state index in [9.17, 15) is 13.2 Å². The van der Waals surface area contributed by atoms with Crippen molar-refractivity contribution in [1.29, 1.82) is 0 Å². The summed E-state index contributed by atoms with van der Waals surface area (Å²) in [5, 5.41) is 11.6. The van der Waals surface area contributed by atoms with Gasteiger partial charge in [0.25, 0.3) is 0 Å². The van der Waals surface area contributed by atoms with Gasteiger partial charge < -0.3 is 10.4 Å². The van der Waals surface area contributed by atoms with Crippen LogP contribution >= 0.6 is 0 Å². The lowest BCUT2D eigenvalue weighted by atomic mass is 9.98. The van der Waals surface area contributed by atoms with Crippen molar-refractivity contribution in [1.82, 2.24) is 9.62 Å². The van der Waals surface area contributed by atoms with E-state index in [1.54, 1.807) is 0 Å². The molecule has 7 heteroatoms. The van der Waals surface area contributed by atoms with E-state index in [1.165, 1.54) is 10.6 Å². The molecular weight excluding hydrogens is 268 g/mol. The third kappa shape index (κ3) is 5.46. The Morgan fingerprint density at radius 3 is 2.79 bits per heavy atom. The maximum absolute atomic E-state index is 12.0. The van der Waals surface area contributed by atoms with Gasteiger partial charge in [-0.3, -0.25) is 4.79 Å². The lowest BCUT2D eigenvalue weighted by Crippen LogP contribution is -2.46. The summed E-state index contributed by atoms with van der Waals surface area (Å²) in [6, 6.07) is 0.00765. The van der Waals surface area contributed by atoms with Gasteiger partial charge in [-0.2, -0.15) is 0 Å². The molecule has 1 saturated heterocycles. The number of amides is 1. The number of nitrogens with zero attached hydrogens (tertiary/aromatic N) is 1. The monoisotopic (exact) mass is 292 g/mol. The smallest absolute Gasteiger partial charge is 0.224 e. The van der Waals surface area contributed by atoms with Crippen LogP contribution in [0.3, 0.4) is 0 Å². The number of aliphatic hydroxyl groups excluding tert-OH is 1. The van der Waals surface area contributed by atoms with Crippen molar-refractivity contribution >= 4 is 15.9 Å². The molecule has 0 aromatic rings. The van der Waals surface area contributed by atoms with Gasteiger partial charge in [-0.05, 0) is 32.6 Å². The van der Waals surface area contributed by atoms with Gasteiger partial charge in [-0.1, -0.05) is 0 Å². The molecule has 6 nitrogen and oxygen atoms in total. The Morgan fingerprint density at radius 1 is 1.53 bits per heavy atom. The van der Waals surface area contributed by atoms with Gasteiger partial charge in [0, 0.05) is 25.7 Å². The maximum atomic E-state index is 12.0. The highest BCUT2D eigenvalue weighted by atomic mass is 32.2. The predicted molar refractivity (Wildman–Crippen MR) is 73.1 cm³/mol. The normalized spacial score (nSPS) is 23.0. The number of hydrogen-bond acceptors (Lipinski definition) is 4. The summed E-state index contributed by atoms with van der Waals surface area (Å²) in [4.78, 5) is 12.0. The molecule has 2 unspecified atom stereocenters. The van der Waals surface area contributed by atoms with Crippen molar-refractivity contribution < 1.29 is 18.3 Å². The lowest BCUT2D eigenvalue weighted by Gasteiger charge is -2.30. The van der Waals surface area contributed by atoms with Crippen LogP contribution in [-0.4, -0.2) is 55.7 Å². The van der Waals surface area contributed by atoms with Gasteiger partial charge >= 0.3 is 0 Å². The average Bonchev–Trinajstić information content (AvgIpc) is 2.35. The predicted octanol–water partition coefficient (Wildman–Crippen LogP) is -0.0648. The van der Waals surface area contributed by atoms with Gasteiger partial charge in [-0.25, -0.2) is 12.7 Å². The van der Waals surface area contributed by atoms with Crippen LogP contribution in [0, 0.1) is 5.92 Å². The molecule has 0 spiro atoms. The van der Waals surface area contributed by atoms with Crippen molar-refractivity contribution in [2.45, 2.75) is 38.6 Å². The van der Waals surface area contributed by atoms with E-state index < -0.39 is 10.0 Å². The number of rotatable bonds is 6. The van der Waals surface area contributed by atoms with Gasteiger partial charge in [-0.15, -0.1) is 0 Å². The zero-order chi connectivity index (χ0) is 14.5. The molecule has 0 aliphatic carbocycles. The molecule has 1 heterocycles. The van der Waals surface area contributed by atoms with Crippen molar-refractivity contribution in [3.63, 3.8) is 0 Å². The summed E-state index contributed by atoms with van der Waals surface area (Å²) in [6.07, 6.45) is 4.00. The standard InChI is InChI=1S/C12H24N2O4S/c1-10(5-4-8-15)13-12(16)11-6-3-7-14(9-11)19(2,17)18/h10-11,15H,3-9H2,1-2H3,(H,13,16). The van der Waals surface area contributed by atoms with Crippen LogP contribution in [0.25, 0.3) is 0 Å². The molecule has 0 bridgehead atoms. The van der Waals surface area contributed by atoms with E-state index in [0.29, 0.717) is 13.0 Å². The van der Waals surface area contributed by atoms with Crippen LogP contribution in [-0.2, 0) is 14.8 Å². The van der Waals surface area contributed by atoms with E-state index in [1.807, 2.05) is 6.92 Å². The summed E-state index contributed by atoms with van der Waals surface area (Å²) < 4.78 is 24.3. The lowest BCUT2D eigenvalue weighted by molar-refractivity contribution is -0.126. The Balaban J connectivity index is 2.48. The third-order valence-electron chi connectivity index (χ3n) is 3.41. The number of sulfonamides is 1. The van der Waals surface area contributed by atoms with Crippen LogP contribution in [0.4, 0.5) is 0 Å². The quantitative estimate of drug-likeness (QED) is 0.718. The SMILES string of the molecule is CC(CCCO)NC(=O)C1CCCN(S(C)(=O)=O)C1. The number of carbonyl (C=O) groups is 1. The highest BCUT2D eigenvalue weighted by Gasteiger charge is 2.30. The van der Waals surface area contributed by atoms with Crippen LogP contribution in [0.1, 0.15) is 32.6 Å². The first-order valence-electron chi connectivity index (χ1n) is 6.71. The highest BCUT2D eigenvalue weighted by Crippen LogP contribution is 2.19. The second-order valence-corrected chi connectivity index (χ2v) is 7.22. The Kier molecular flexibility index (Phi) is 6.22. The third-order valence-corrected chi connectivity index (χ3v) is 4.68. The highest BCUT2D eigenvalue weighted by molar-refractivity contribution is 7.88. The summed E-state index contributed by atoms with van der Waals surface area (Å²) in [7, 11) is -3.21. The molecular formula is C12H24N2O4S. The largest absolute Gasteiger partial charge is 0.396 e. The van der Waals surface area contributed by atoms with E-state index in [0.717, 1.165) is 19.3 Å². The van der Waals surface area contributed by atoms with Crippen molar-refractivity contribution in [3.8, 4) is 0 Å². The molecule has 1 rings (SSSR count). The topological polar surface area (TPSA) is 86.7 Å². The number of aliphatic hydroxyl groups is 1. The molecule has 1 fully saturated rings. The second-order valence-electron chi connectivity index (χ2n) is 5.24. The average molecular weight is 292 g/mol. The van der Waals surface area contributed by atoms with E-state index in [-0.39, 0.29) is 31.0 Å². The summed E-state index contributed by atoms with van der Waals surface area (Å²) >= 11 is 0. The second kappa shape index (κ2) is 7.21. The van der Waals surface area contributed by atoms with E-state index in [4.69, 9.17) is 5.11 Å². The molecule has 19 heavy (non-hydrogen) atoms. The van der Waals surface area contributed by atoms with Gasteiger partial charge in [0.05, 0.1) is 12.2 Å². The minimum Gasteiger partial charge on any atom is -0.396 e. The number of hydrogen-bond donors (Lipinski definition) is 2. The molecule has 1 aliphatic heterocycles. The zero-order valence-electron chi connectivity index (χ0n) is 11.6. The first kappa shape index (κ1) is 16.4. The maximum Gasteiger partial charge on any atom is 0.224 e. The first-order valence-corrected chi connectivity index (χ1v) is 8.55. The molecule has 0 aromatic carbocycles. The van der Waals surface area contributed by atoms with E-state index >= 15 is 0 Å². The van der Waals surface area contributed by atoms with Gasteiger partial charge in [0.1, 0.15) is 0 Å². The Labute approximate surface area is 115 Å². The fourth-order valence-electron chi connectivity index (χ4n) is 2.29. The Morgan fingerprint density at radius 2 is 2.21 bits per heavy atom. The Bertz CT molecular complexity index is 397. The van der Waals surface area contributed by atoms with Crippen molar-refractivity contribution in [3.05, 3.63) is 0 Å². The van der Waals surface area contributed by atoms with Crippen molar-refractivity contribution in [2.75, 3.05) is 26.0 Å². The molecule has 2 N–H and O–H groups in total. The molecule has 1 amide bonds. The number of piperidine rings is 1. The van der Waals surface area contributed by atoms with Crippen LogP contribution < -0.4 is 5.32 Å².